The van der Waals surface area contributed by atoms with Crippen LogP contribution in [-0.2, 0) is 24.3 Å². The molecule has 5 rings (SSSR count). The first-order valence-corrected chi connectivity index (χ1v) is 12.3. The molecule has 1 saturated heterocycles. The fourth-order valence-corrected chi connectivity index (χ4v) is 4.92. The third-order valence-electron chi connectivity index (χ3n) is 6.79. The summed E-state index contributed by atoms with van der Waals surface area (Å²) < 4.78 is 5.71. The van der Waals surface area contributed by atoms with E-state index in [1.54, 1.807) is 0 Å². The summed E-state index contributed by atoms with van der Waals surface area (Å²) >= 11 is 0. The van der Waals surface area contributed by atoms with Gasteiger partial charge in [0.15, 0.2) is 0 Å². The molecule has 1 amide bonds. The normalized spacial score (nSPS) is 17.9. The van der Waals surface area contributed by atoms with Crippen molar-refractivity contribution < 1.29 is 9.53 Å². The van der Waals surface area contributed by atoms with Gasteiger partial charge in [-0.2, -0.15) is 0 Å². The molecule has 35 heavy (non-hydrogen) atoms. The largest absolute Gasteiger partial charge is 0.445 e. The van der Waals surface area contributed by atoms with E-state index in [2.05, 4.69) is 52.8 Å². The van der Waals surface area contributed by atoms with Crippen LogP contribution in [0.2, 0.25) is 0 Å². The van der Waals surface area contributed by atoms with Gasteiger partial charge in [0.05, 0.1) is 5.52 Å². The summed E-state index contributed by atoms with van der Waals surface area (Å²) in [5.41, 5.74) is 4.50. The van der Waals surface area contributed by atoms with Crippen LogP contribution < -0.4 is 5.32 Å². The molecule has 0 saturated carbocycles. The quantitative estimate of drug-likeness (QED) is 0.378. The lowest BCUT2D eigenvalue weighted by Gasteiger charge is -2.39. The molecule has 1 aromatic heterocycles. The molecule has 1 fully saturated rings. The zero-order valence-electron chi connectivity index (χ0n) is 19.8. The lowest BCUT2D eigenvalue weighted by Crippen LogP contribution is -2.51. The number of hydrogen-bond donors (Lipinski definition) is 1. The fourth-order valence-electron chi connectivity index (χ4n) is 4.92. The van der Waals surface area contributed by atoms with E-state index in [9.17, 15) is 4.79 Å². The number of amides is 1. The maximum Gasteiger partial charge on any atom is 0.410 e. The number of hydrogen-bond acceptors (Lipinski definition) is 4. The second kappa shape index (κ2) is 11.2. The van der Waals surface area contributed by atoms with Crippen molar-refractivity contribution in [1.29, 1.82) is 0 Å². The average molecular weight is 466 g/mol. The molecule has 3 aromatic carbocycles. The van der Waals surface area contributed by atoms with Crippen molar-refractivity contribution in [2.75, 3.05) is 6.54 Å². The minimum atomic E-state index is -0.228. The number of nitrogens with zero attached hydrogens (tertiary/aromatic N) is 2. The van der Waals surface area contributed by atoms with Crippen LogP contribution in [-0.4, -0.2) is 34.6 Å². The number of ether oxygens (including phenoxy) is 1. The molecule has 0 bridgehead atoms. The Morgan fingerprint density at radius 3 is 2.43 bits per heavy atom. The number of benzene rings is 3. The third kappa shape index (κ3) is 5.87. The van der Waals surface area contributed by atoms with E-state index in [1.165, 1.54) is 16.5 Å². The summed E-state index contributed by atoms with van der Waals surface area (Å²) in [5.74, 6) is 0. The molecular weight excluding hydrogens is 434 g/mol. The maximum atomic E-state index is 13.1. The number of nitrogens with one attached hydrogen (secondary N) is 1. The zero-order valence-corrected chi connectivity index (χ0v) is 19.8. The minimum Gasteiger partial charge on any atom is -0.445 e. The number of piperidine rings is 1. The van der Waals surface area contributed by atoms with Crippen LogP contribution in [0.4, 0.5) is 4.79 Å². The summed E-state index contributed by atoms with van der Waals surface area (Å²) in [6.07, 6.45) is 4.25. The number of carbonyl (C=O) groups excluding carboxylic acids is 1. The first kappa shape index (κ1) is 23.1. The van der Waals surface area contributed by atoms with Gasteiger partial charge in [0.1, 0.15) is 6.61 Å². The van der Waals surface area contributed by atoms with E-state index < -0.39 is 0 Å². The minimum absolute atomic E-state index is 0.0844. The molecule has 1 aliphatic rings. The SMILES string of the molecule is O=C(OCc1ccccc1)N1CCC(NCc2ccnc3ccccc23)CC1Cc1ccccc1. The molecule has 0 spiro atoms. The van der Waals surface area contributed by atoms with Gasteiger partial charge in [-0.25, -0.2) is 4.79 Å². The monoisotopic (exact) mass is 465 g/mol. The Kier molecular flexibility index (Phi) is 7.35. The highest BCUT2D eigenvalue weighted by Crippen LogP contribution is 2.24. The molecular formula is C30H31N3O2. The number of fused-ring (bicyclic) bond motifs is 1. The van der Waals surface area contributed by atoms with Gasteiger partial charge in [0.2, 0.25) is 0 Å². The molecule has 5 nitrogen and oxygen atoms in total. The van der Waals surface area contributed by atoms with Crippen LogP contribution in [0.5, 0.6) is 0 Å². The molecule has 2 atom stereocenters. The molecule has 2 heterocycles. The number of aromatic nitrogens is 1. The van der Waals surface area contributed by atoms with E-state index in [4.69, 9.17) is 4.74 Å². The van der Waals surface area contributed by atoms with Crippen molar-refractivity contribution in [2.45, 2.75) is 44.5 Å². The number of rotatable bonds is 7. The van der Waals surface area contributed by atoms with Crippen molar-refractivity contribution in [2.24, 2.45) is 0 Å². The van der Waals surface area contributed by atoms with Crippen molar-refractivity contribution in [3.63, 3.8) is 0 Å². The second-order valence-corrected chi connectivity index (χ2v) is 9.17. The number of likely N-dealkylation sites (tertiary alicyclic amines) is 1. The van der Waals surface area contributed by atoms with E-state index in [-0.39, 0.29) is 12.1 Å². The summed E-state index contributed by atoms with van der Waals surface area (Å²) in [4.78, 5) is 19.5. The molecule has 5 heteroatoms. The van der Waals surface area contributed by atoms with E-state index >= 15 is 0 Å². The lowest BCUT2D eigenvalue weighted by atomic mass is 9.92. The molecule has 178 valence electrons. The van der Waals surface area contributed by atoms with Crippen molar-refractivity contribution in [3.05, 3.63) is 114 Å². The first-order chi connectivity index (χ1) is 17.3. The topological polar surface area (TPSA) is 54.5 Å². The van der Waals surface area contributed by atoms with Gasteiger partial charge in [-0.3, -0.25) is 4.98 Å². The Morgan fingerprint density at radius 1 is 0.914 bits per heavy atom. The highest BCUT2D eigenvalue weighted by Gasteiger charge is 2.32. The fraction of sp³-hybridized carbons (Fsp3) is 0.267. The highest BCUT2D eigenvalue weighted by atomic mass is 16.6. The number of carbonyl (C=O) groups is 1. The molecule has 0 aliphatic carbocycles. The number of pyridine rings is 1. The average Bonchev–Trinajstić information content (AvgIpc) is 2.92. The van der Waals surface area contributed by atoms with E-state index in [1.807, 2.05) is 59.6 Å². The summed E-state index contributed by atoms with van der Waals surface area (Å²) in [5, 5.41) is 4.94. The Bertz CT molecular complexity index is 1240. The maximum absolute atomic E-state index is 13.1. The van der Waals surface area contributed by atoms with Crippen molar-refractivity contribution in [1.82, 2.24) is 15.2 Å². The summed E-state index contributed by atoms with van der Waals surface area (Å²) in [6.45, 7) is 1.76. The van der Waals surface area contributed by atoms with Gasteiger partial charge in [-0.15, -0.1) is 0 Å². The van der Waals surface area contributed by atoms with E-state index in [0.29, 0.717) is 19.2 Å². The molecule has 2 unspecified atom stereocenters. The van der Waals surface area contributed by atoms with Crippen molar-refractivity contribution in [3.8, 4) is 0 Å². The predicted molar refractivity (Wildman–Crippen MR) is 139 cm³/mol. The Hall–Kier alpha value is -3.70. The van der Waals surface area contributed by atoms with Gasteiger partial charge >= 0.3 is 6.09 Å². The van der Waals surface area contributed by atoms with Crippen LogP contribution in [0.3, 0.4) is 0 Å². The van der Waals surface area contributed by atoms with E-state index in [0.717, 1.165) is 36.9 Å². The predicted octanol–water partition coefficient (Wildman–Crippen LogP) is 5.74. The summed E-state index contributed by atoms with van der Waals surface area (Å²) in [6, 6.07) is 31.0. The highest BCUT2D eigenvalue weighted by molar-refractivity contribution is 5.81. The number of para-hydroxylation sites is 1. The van der Waals surface area contributed by atoms with Gasteiger partial charge in [-0.05, 0) is 48.1 Å². The van der Waals surface area contributed by atoms with Crippen LogP contribution in [0, 0.1) is 0 Å². The Balaban J connectivity index is 1.26. The smallest absolute Gasteiger partial charge is 0.410 e. The lowest BCUT2D eigenvalue weighted by molar-refractivity contribution is 0.0616. The van der Waals surface area contributed by atoms with Crippen LogP contribution in [0.25, 0.3) is 10.9 Å². The van der Waals surface area contributed by atoms with Gasteiger partial charge in [-0.1, -0.05) is 78.9 Å². The van der Waals surface area contributed by atoms with Crippen LogP contribution in [0.1, 0.15) is 29.5 Å². The standard InChI is InChI=1S/C30H31N3O2/c34-30(35-22-24-11-5-2-6-12-24)33-18-16-26(20-27(33)19-23-9-3-1-4-10-23)32-21-25-15-17-31-29-14-8-7-13-28(25)29/h1-15,17,26-27,32H,16,18-22H2. The molecule has 1 aliphatic heterocycles. The molecule has 1 N–H and O–H groups in total. The zero-order chi connectivity index (χ0) is 23.9. The Labute approximate surface area is 206 Å². The van der Waals surface area contributed by atoms with Gasteiger partial charge in [0, 0.05) is 36.8 Å². The second-order valence-electron chi connectivity index (χ2n) is 9.17. The van der Waals surface area contributed by atoms with Crippen LogP contribution in [0.15, 0.2) is 97.2 Å². The van der Waals surface area contributed by atoms with Crippen molar-refractivity contribution >= 4 is 17.0 Å². The summed E-state index contributed by atoms with van der Waals surface area (Å²) in [7, 11) is 0. The molecule has 4 aromatic rings. The van der Waals surface area contributed by atoms with Gasteiger partial charge < -0.3 is 15.0 Å². The van der Waals surface area contributed by atoms with Gasteiger partial charge in [0.25, 0.3) is 0 Å². The first-order valence-electron chi connectivity index (χ1n) is 12.3. The Morgan fingerprint density at radius 2 is 1.63 bits per heavy atom. The molecule has 0 radical (unpaired) electrons. The third-order valence-corrected chi connectivity index (χ3v) is 6.79. The van der Waals surface area contributed by atoms with Crippen LogP contribution >= 0.6 is 0 Å².